The number of nitrogens with zero attached hydrogens (tertiary/aromatic N) is 1. The Labute approximate surface area is 163 Å². The lowest BCUT2D eigenvalue weighted by Gasteiger charge is -2.18. The van der Waals surface area contributed by atoms with Crippen molar-refractivity contribution in [2.24, 2.45) is 10.4 Å². The number of rotatable bonds is 11. The van der Waals surface area contributed by atoms with Gasteiger partial charge < -0.3 is 25.2 Å². The first-order valence-electron chi connectivity index (χ1n) is 9.94. The lowest BCUT2D eigenvalue weighted by Crippen LogP contribution is -2.39. The van der Waals surface area contributed by atoms with Gasteiger partial charge in [0.1, 0.15) is 5.75 Å². The van der Waals surface area contributed by atoms with Crippen LogP contribution in [0.5, 0.6) is 5.75 Å². The molecule has 1 fully saturated rings. The number of hydrogen-bond acceptors (Lipinski definition) is 4. The van der Waals surface area contributed by atoms with Gasteiger partial charge in [0.25, 0.3) is 0 Å². The molecule has 0 heterocycles. The van der Waals surface area contributed by atoms with Crippen molar-refractivity contribution in [1.82, 2.24) is 10.6 Å². The van der Waals surface area contributed by atoms with Crippen molar-refractivity contribution in [3.8, 4) is 5.75 Å². The monoisotopic (exact) mass is 377 g/mol. The van der Waals surface area contributed by atoms with Gasteiger partial charge in [-0.1, -0.05) is 12.1 Å². The van der Waals surface area contributed by atoms with E-state index in [4.69, 9.17) is 14.5 Å². The maximum absolute atomic E-state index is 10.5. The Kier molecular flexibility index (Phi) is 8.38. The van der Waals surface area contributed by atoms with Crippen LogP contribution in [-0.4, -0.2) is 50.5 Å². The smallest absolute Gasteiger partial charge is 0.191 e. The van der Waals surface area contributed by atoms with Crippen LogP contribution in [-0.2, 0) is 4.74 Å². The van der Waals surface area contributed by atoms with Crippen molar-refractivity contribution >= 4 is 5.96 Å². The second-order valence-corrected chi connectivity index (χ2v) is 7.57. The SMILES string of the molecule is CCNC(=NCC1(CCOC)CC1)NCC(O)c1ccc(OC(C)C)cc1. The summed E-state index contributed by atoms with van der Waals surface area (Å²) in [6.07, 6.45) is 3.02. The molecule has 2 rings (SSSR count). The highest BCUT2D eigenvalue weighted by atomic mass is 16.5. The van der Waals surface area contributed by atoms with Gasteiger partial charge in [0, 0.05) is 33.4 Å². The van der Waals surface area contributed by atoms with E-state index in [-0.39, 0.29) is 6.10 Å². The second kappa shape index (κ2) is 10.5. The molecule has 0 aromatic heterocycles. The molecule has 0 saturated heterocycles. The third kappa shape index (κ3) is 7.39. The summed E-state index contributed by atoms with van der Waals surface area (Å²) >= 11 is 0. The molecule has 1 aromatic rings. The van der Waals surface area contributed by atoms with Crippen LogP contribution in [0.25, 0.3) is 0 Å². The van der Waals surface area contributed by atoms with Gasteiger partial charge in [-0.3, -0.25) is 4.99 Å². The fourth-order valence-corrected chi connectivity index (χ4v) is 2.92. The van der Waals surface area contributed by atoms with E-state index in [0.29, 0.717) is 12.0 Å². The Hall–Kier alpha value is -1.79. The summed E-state index contributed by atoms with van der Waals surface area (Å²) in [5.74, 6) is 1.56. The summed E-state index contributed by atoms with van der Waals surface area (Å²) in [4.78, 5) is 4.72. The zero-order valence-electron chi connectivity index (χ0n) is 17.1. The number of hydrogen-bond donors (Lipinski definition) is 3. The average molecular weight is 378 g/mol. The van der Waals surface area contributed by atoms with Gasteiger partial charge in [0.05, 0.1) is 12.2 Å². The van der Waals surface area contributed by atoms with Crippen LogP contribution in [0.15, 0.2) is 29.3 Å². The largest absolute Gasteiger partial charge is 0.491 e. The van der Waals surface area contributed by atoms with Gasteiger partial charge in [-0.25, -0.2) is 0 Å². The van der Waals surface area contributed by atoms with Crippen LogP contribution in [0.2, 0.25) is 0 Å². The maximum Gasteiger partial charge on any atom is 0.191 e. The van der Waals surface area contributed by atoms with E-state index in [2.05, 4.69) is 10.6 Å². The summed E-state index contributed by atoms with van der Waals surface area (Å²) in [5, 5.41) is 17.0. The topological polar surface area (TPSA) is 75.1 Å². The van der Waals surface area contributed by atoms with Crippen LogP contribution in [0, 0.1) is 5.41 Å². The molecule has 0 radical (unpaired) electrons. The summed E-state index contributed by atoms with van der Waals surface area (Å²) in [6.45, 7) is 8.80. The zero-order chi connectivity index (χ0) is 19.7. The van der Waals surface area contributed by atoms with E-state index in [1.54, 1.807) is 7.11 Å². The lowest BCUT2D eigenvalue weighted by atomic mass is 10.0. The fourth-order valence-electron chi connectivity index (χ4n) is 2.92. The minimum absolute atomic E-state index is 0.139. The Balaban J connectivity index is 1.86. The first kappa shape index (κ1) is 21.5. The number of aliphatic hydroxyl groups is 1. The van der Waals surface area contributed by atoms with E-state index in [1.165, 1.54) is 12.8 Å². The second-order valence-electron chi connectivity index (χ2n) is 7.57. The maximum atomic E-state index is 10.5. The molecule has 6 heteroatoms. The Bertz CT molecular complexity index is 583. The molecule has 0 aliphatic heterocycles. The minimum atomic E-state index is -0.606. The highest BCUT2D eigenvalue weighted by molar-refractivity contribution is 5.79. The molecule has 27 heavy (non-hydrogen) atoms. The lowest BCUT2D eigenvalue weighted by molar-refractivity contribution is 0.173. The highest BCUT2D eigenvalue weighted by Gasteiger charge is 2.41. The average Bonchev–Trinajstić information content (AvgIpc) is 3.42. The molecular weight excluding hydrogens is 342 g/mol. The van der Waals surface area contributed by atoms with Gasteiger partial charge in [-0.15, -0.1) is 0 Å². The number of nitrogens with one attached hydrogen (secondary N) is 2. The summed E-state index contributed by atoms with van der Waals surface area (Å²) in [6, 6.07) is 7.59. The number of guanidine groups is 1. The van der Waals surface area contributed by atoms with Crippen molar-refractivity contribution < 1.29 is 14.6 Å². The van der Waals surface area contributed by atoms with Crippen molar-refractivity contribution in [3.63, 3.8) is 0 Å². The first-order chi connectivity index (χ1) is 13.0. The van der Waals surface area contributed by atoms with E-state index in [1.807, 2.05) is 45.0 Å². The molecule has 1 saturated carbocycles. The number of aliphatic hydroxyl groups excluding tert-OH is 1. The number of benzene rings is 1. The molecule has 152 valence electrons. The number of ether oxygens (including phenoxy) is 2. The van der Waals surface area contributed by atoms with Gasteiger partial charge in [0.15, 0.2) is 5.96 Å². The molecule has 0 bridgehead atoms. The predicted molar refractivity (Wildman–Crippen MR) is 109 cm³/mol. The van der Waals surface area contributed by atoms with Crippen LogP contribution in [0.1, 0.15) is 51.7 Å². The standard InChI is InChI=1S/C21H35N3O3/c1-5-22-20(24-15-21(10-11-21)12-13-26-4)23-14-19(25)17-6-8-18(9-7-17)27-16(2)3/h6-9,16,19,25H,5,10-15H2,1-4H3,(H2,22,23,24). The molecule has 6 nitrogen and oxygen atoms in total. The predicted octanol–water partition coefficient (Wildman–Crippen LogP) is 2.88. The van der Waals surface area contributed by atoms with E-state index < -0.39 is 6.10 Å². The van der Waals surface area contributed by atoms with Crippen molar-refractivity contribution in [2.45, 2.75) is 52.2 Å². The van der Waals surface area contributed by atoms with E-state index >= 15 is 0 Å². The van der Waals surface area contributed by atoms with Gasteiger partial charge >= 0.3 is 0 Å². The molecule has 1 aromatic carbocycles. The van der Waals surface area contributed by atoms with Crippen molar-refractivity contribution in [2.75, 3.05) is 33.4 Å². The molecule has 1 unspecified atom stereocenters. The van der Waals surface area contributed by atoms with Crippen molar-refractivity contribution in [1.29, 1.82) is 0 Å². The van der Waals surface area contributed by atoms with Crippen LogP contribution >= 0.6 is 0 Å². The van der Waals surface area contributed by atoms with Gasteiger partial charge in [-0.2, -0.15) is 0 Å². The minimum Gasteiger partial charge on any atom is -0.491 e. The van der Waals surface area contributed by atoms with Gasteiger partial charge in [0.2, 0.25) is 0 Å². The number of aliphatic imine (C=N–C) groups is 1. The quantitative estimate of drug-likeness (QED) is 0.408. The molecular formula is C21H35N3O3. The van der Waals surface area contributed by atoms with Crippen LogP contribution < -0.4 is 15.4 Å². The molecule has 1 aliphatic carbocycles. The molecule has 1 atom stereocenters. The summed E-state index contributed by atoms with van der Waals surface area (Å²) in [5.41, 5.74) is 1.16. The van der Waals surface area contributed by atoms with E-state index in [0.717, 1.165) is 43.4 Å². The zero-order valence-corrected chi connectivity index (χ0v) is 17.1. The molecule has 3 N–H and O–H groups in total. The normalized spacial score (nSPS) is 16.9. The van der Waals surface area contributed by atoms with Gasteiger partial charge in [-0.05, 0) is 63.1 Å². The summed E-state index contributed by atoms with van der Waals surface area (Å²) < 4.78 is 10.8. The van der Waals surface area contributed by atoms with Crippen LogP contribution in [0.4, 0.5) is 0 Å². The highest BCUT2D eigenvalue weighted by Crippen LogP contribution is 2.48. The molecule has 0 amide bonds. The molecule has 1 aliphatic rings. The van der Waals surface area contributed by atoms with E-state index in [9.17, 15) is 5.11 Å². The third-order valence-corrected chi connectivity index (χ3v) is 4.81. The Morgan fingerprint density at radius 3 is 2.48 bits per heavy atom. The van der Waals surface area contributed by atoms with Crippen molar-refractivity contribution in [3.05, 3.63) is 29.8 Å². The Morgan fingerprint density at radius 1 is 1.22 bits per heavy atom. The Morgan fingerprint density at radius 2 is 1.93 bits per heavy atom. The fraction of sp³-hybridized carbons (Fsp3) is 0.667. The first-order valence-corrected chi connectivity index (χ1v) is 9.94. The number of methoxy groups -OCH3 is 1. The summed E-state index contributed by atoms with van der Waals surface area (Å²) in [7, 11) is 1.74. The third-order valence-electron chi connectivity index (χ3n) is 4.81. The molecule has 0 spiro atoms. The van der Waals surface area contributed by atoms with Crippen LogP contribution in [0.3, 0.4) is 0 Å².